The van der Waals surface area contributed by atoms with Gasteiger partial charge in [0.15, 0.2) is 0 Å². The normalized spacial score (nSPS) is 10.6. The Morgan fingerprint density at radius 2 is 1.93 bits per heavy atom. The van der Waals surface area contributed by atoms with E-state index in [0.717, 1.165) is 18.4 Å². The fraction of sp³-hybridized carbons (Fsp3) is 0.727. The zero-order valence-corrected chi connectivity index (χ0v) is 9.66. The van der Waals surface area contributed by atoms with Crippen molar-refractivity contribution in [3.63, 3.8) is 0 Å². The van der Waals surface area contributed by atoms with Crippen molar-refractivity contribution in [1.82, 2.24) is 4.37 Å². The largest absolute Gasteiger partial charge is 0.315 e. The standard InChI is InChI=1S/C11H19NOS/c1-2-3-4-5-6-7-8-10-9-12-14-11(10)13/h9,12H,2-8H2,1H3. The third kappa shape index (κ3) is 4.09. The van der Waals surface area contributed by atoms with Crippen molar-refractivity contribution in [3.05, 3.63) is 21.3 Å². The van der Waals surface area contributed by atoms with Gasteiger partial charge < -0.3 is 4.37 Å². The number of aromatic nitrogens is 1. The molecule has 0 unspecified atom stereocenters. The molecule has 0 bridgehead atoms. The van der Waals surface area contributed by atoms with E-state index in [9.17, 15) is 4.79 Å². The maximum atomic E-state index is 11.2. The van der Waals surface area contributed by atoms with Crippen LogP contribution >= 0.6 is 11.5 Å². The summed E-state index contributed by atoms with van der Waals surface area (Å²) in [6, 6.07) is 0. The van der Waals surface area contributed by atoms with Gasteiger partial charge in [0.05, 0.1) is 0 Å². The SMILES string of the molecule is CCCCCCCCc1c[nH]sc1=O. The van der Waals surface area contributed by atoms with E-state index in [1.165, 1.54) is 43.6 Å². The summed E-state index contributed by atoms with van der Waals surface area (Å²) in [7, 11) is 0. The second-order valence-corrected chi connectivity index (χ2v) is 4.51. The van der Waals surface area contributed by atoms with Gasteiger partial charge in [0, 0.05) is 11.8 Å². The monoisotopic (exact) mass is 213 g/mol. The van der Waals surface area contributed by atoms with Crippen LogP contribution in [0.4, 0.5) is 0 Å². The Kier molecular flexibility index (Phi) is 5.60. The van der Waals surface area contributed by atoms with E-state index >= 15 is 0 Å². The lowest BCUT2D eigenvalue weighted by Gasteiger charge is -1.98. The van der Waals surface area contributed by atoms with Crippen LogP contribution in [0.5, 0.6) is 0 Å². The van der Waals surface area contributed by atoms with Crippen molar-refractivity contribution in [3.8, 4) is 0 Å². The molecular formula is C11H19NOS. The molecule has 3 heteroatoms. The van der Waals surface area contributed by atoms with Crippen molar-refractivity contribution in [2.45, 2.75) is 51.9 Å². The molecule has 1 rings (SSSR count). The van der Waals surface area contributed by atoms with Crippen molar-refractivity contribution in [2.24, 2.45) is 0 Å². The molecule has 14 heavy (non-hydrogen) atoms. The minimum Gasteiger partial charge on any atom is -0.315 e. The van der Waals surface area contributed by atoms with E-state index < -0.39 is 0 Å². The highest BCUT2D eigenvalue weighted by Gasteiger charge is 1.99. The highest BCUT2D eigenvalue weighted by Crippen LogP contribution is 2.07. The molecule has 0 aromatic carbocycles. The van der Waals surface area contributed by atoms with Gasteiger partial charge in [-0.3, -0.25) is 4.79 Å². The molecular weight excluding hydrogens is 194 g/mol. The fourth-order valence-electron chi connectivity index (χ4n) is 1.55. The first kappa shape index (κ1) is 11.5. The molecule has 1 aromatic heterocycles. The number of unbranched alkanes of at least 4 members (excludes halogenated alkanes) is 5. The summed E-state index contributed by atoms with van der Waals surface area (Å²) >= 11 is 1.20. The summed E-state index contributed by atoms with van der Waals surface area (Å²) < 4.78 is 3.10. The second kappa shape index (κ2) is 6.82. The summed E-state index contributed by atoms with van der Waals surface area (Å²) in [5, 5.41) is 0. The quantitative estimate of drug-likeness (QED) is 0.692. The lowest BCUT2D eigenvalue weighted by Crippen LogP contribution is -1.98. The highest BCUT2D eigenvalue weighted by atomic mass is 32.1. The van der Waals surface area contributed by atoms with Gasteiger partial charge in [-0.1, -0.05) is 39.0 Å². The average molecular weight is 213 g/mol. The molecule has 0 aliphatic heterocycles. The van der Waals surface area contributed by atoms with Crippen LogP contribution in [0.1, 0.15) is 51.0 Å². The average Bonchev–Trinajstić information content (AvgIpc) is 2.58. The molecule has 0 fully saturated rings. The van der Waals surface area contributed by atoms with Crippen LogP contribution in [0, 0.1) is 0 Å². The number of aryl methyl sites for hydroxylation is 1. The number of rotatable bonds is 7. The van der Waals surface area contributed by atoms with E-state index in [2.05, 4.69) is 11.3 Å². The number of nitrogens with one attached hydrogen (secondary N) is 1. The topological polar surface area (TPSA) is 32.9 Å². The maximum Gasteiger partial charge on any atom is 0.252 e. The van der Waals surface area contributed by atoms with Crippen LogP contribution < -0.4 is 4.74 Å². The first-order valence-electron chi connectivity index (χ1n) is 5.50. The predicted octanol–water partition coefficient (Wildman–Crippen LogP) is 3.34. The minimum atomic E-state index is 0.207. The van der Waals surface area contributed by atoms with Crippen LogP contribution in [0.25, 0.3) is 0 Å². The van der Waals surface area contributed by atoms with Gasteiger partial charge in [0.2, 0.25) is 0 Å². The Balaban J connectivity index is 2.05. The van der Waals surface area contributed by atoms with Crippen molar-refractivity contribution < 1.29 is 0 Å². The molecule has 0 saturated heterocycles. The Morgan fingerprint density at radius 1 is 1.21 bits per heavy atom. The van der Waals surface area contributed by atoms with E-state index in [-0.39, 0.29) is 4.74 Å². The Bertz CT molecular complexity index is 289. The van der Waals surface area contributed by atoms with Crippen LogP contribution in [0.3, 0.4) is 0 Å². The van der Waals surface area contributed by atoms with Gasteiger partial charge in [0.25, 0.3) is 4.74 Å². The molecule has 0 amide bonds. The summed E-state index contributed by atoms with van der Waals surface area (Å²) in [5.74, 6) is 0. The van der Waals surface area contributed by atoms with Crippen LogP contribution in [-0.4, -0.2) is 4.37 Å². The smallest absolute Gasteiger partial charge is 0.252 e. The molecule has 1 aromatic rings. The number of aromatic amines is 1. The molecule has 0 atom stereocenters. The van der Waals surface area contributed by atoms with Crippen molar-refractivity contribution in [1.29, 1.82) is 0 Å². The molecule has 2 nitrogen and oxygen atoms in total. The second-order valence-electron chi connectivity index (χ2n) is 3.69. The molecule has 0 spiro atoms. The molecule has 0 radical (unpaired) electrons. The Hall–Kier alpha value is -0.570. The zero-order chi connectivity index (χ0) is 10.2. The lowest BCUT2D eigenvalue weighted by molar-refractivity contribution is 0.607. The summed E-state index contributed by atoms with van der Waals surface area (Å²) in [5.41, 5.74) is 0.963. The number of hydrogen-bond acceptors (Lipinski definition) is 2. The Labute approximate surface area is 89.5 Å². The van der Waals surface area contributed by atoms with E-state index in [1.807, 2.05) is 6.20 Å². The molecule has 1 heterocycles. The van der Waals surface area contributed by atoms with Gasteiger partial charge in [-0.25, -0.2) is 0 Å². The van der Waals surface area contributed by atoms with Crippen LogP contribution in [0.2, 0.25) is 0 Å². The molecule has 0 saturated carbocycles. The van der Waals surface area contributed by atoms with Gasteiger partial charge in [-0.2, -0.15) is 0 Å². The predicted molar refractivity (Wildman–Crippen MR) is 62.0 cm³/mol. The molecule has 0 aliphatic rings. The molecule has 1 N–H and O–H groups in total. The Morgan fingerprint density at radius 3 is 2.57 bits per heavy atom. The van der Waals surface area contributed by atoms with E-state index in [0.29, 0.717) is 0 Å². The fourth-order valence-corrected chi connectivity index (χ4v) is 2.15. The highest BCUT2D eigenvalue weighted by molar-refractivity contribution is 7.03. The van der Waals surface area contributed by atoms with E-state index in [1.54, 1.807) is 0 Å². The summed E-state index contributed by atoms with van der Waals surface area (Å²) in [4.78, 5) is 11.2. The number of H-pyrrole nitrogens is 1. The first-order valence-corrected chi connectivity index (χ1v) is 6.32. The third-order valence-corrected chi connectivity index (χ3v) is 3.13. The molecule has 0 aliphatic carbocycles. The van der Waals surface area contributed by atoms with E-state index in [4.69, 9.17) is 0 Å². The zero-order valence-electron chi connectivity index (χ0n) is 8.84. The van der Waals surface area contributed by atoms with Gasteiger partial charge in [0.1, 0.15) is 0 Å². The van der Waals surface area contributed by atoms with Gasteiger partial charge in [-0.05, 0) is 24.4 Å². The minimum absolute atomic E-state index is 0.207. The van der Waals surface area contributed by atoms with Gasteiger partial charge >= 0.3 is 0 Å². The lowest BCUT2D eigenvalue weighted by atomic mass is 10.1. The van der Waals surface area contributed by atoms with Crippen molar-refractivity contribution >= 4 is 11.5 Å². The third-order valence-electron chi connectivity index (χ3n) is 2.45. The summed E-state index contributed by atoms with van der Waals surface area (Å²) in [6.45, 7) is 2.23. The van der Waals surface area contributed by atoms with Crippen LogP contribution in [-0.2, 0) is 6.42 Å². The number of hydrogen-bond donors (Lipinski definition) is 1. The van der Waals surface area contributed by atoms with Crippen LogP contribution in [0.15, 0.2) is 11.0 Å². The van der Waals surface area contributed by atoms with Gasteiger partial charge in [-0.15, -0.1) is 0 Å². The molecule has 80 valence electrons. The first-order chi connectivity index (χ1) is 6.84. The maximum absolute atomic E-state index is 11.2. The summed E-state index contributed by atoms with van der Waals surface area (Å²) in [6.07, 6.45) is 10.5. The van der Waals surface area contributed by atoms with Crippen molar-refractivity contribution in [2.75, 3.05) is 0 Å².